The maximum atomic E-state index is 11.3. The maximum Gasteiger partial charge on any atom is 0.328 e. The van der Waals surface area contributed by atoms with Crippen LogP contribution in [0, 0.1) is 0 Å². The molecule has 29 heavy (non-hydrogen) atoms. The van der Waals surface area contributed by atoms with Gasteiger partial charge in [-0.3, -0.25) is 0 Å². The first-order valence-corrected chi connectivity index (χ1v) is 10.4. The fraction of sp³-hybridized carbons (Fsp3) is 0.269. The van der Waals surface area contributed by atoms with Gasteiger partial charge in [-0.2, -0.15) is 0 Å². The van der Waals surface area contributed by atoms with E-state index in [-0.39, 0.29) is 6.10 Å². The van der Waals surface area contributed by atoms with E-state index in [1.165, 1.54) is 35.3 Å². The number of hydrogen-bond acceptors (Lipinski definition) is 2. The molecule has 3 nitrogen and oxygen atoms in total. The van der Waals surface area contributed by atoms with Crippen molar-refractivity contribution >= 4 is 22.3 Å². The molecule has 146 valence electrons. The highest BCUT2D eigenvalue weighted by atomic mass is 16.5. The molecule has 3 heteroatoms. The van der Waals surface area contributed by atoms with Crippen LogP contribution in [0.3, 0.4) is 0 Å². The van der Waals surface area contributed by atoms with Gasteiger partial charge in [0.15, 0.2) is 0 Å². The van der Waals surface area contributed by atoms with Gasteiger partial charge in [0.1, 0.15) is 5.75 Å². The zero-order valence-electron chi connectivity index (χ0n) is 16.4. The van der Waals surface area contributed by atoms with E-state index >= 15 is 0 Å². The molecule has 1 saturated carbocycles. The van der Waals surface area contributed by atoms with Crippen molar-refractivity contribution in [3.63, 3.8) is 0 Å². The number of carboxylic acids is 1. The van der Waals surface area contributed by atoms with Gasteiger partial charge in [-0.05, 0) is 89.8 Å². The third-order valence-electron chi connectivity index (χ3n) is 6.17. The van der Waals surface area contributed by atoms with Crippen LogP contribution in [0.2, 0.25) is 0 Å². The molecule has 0 saturated heterocycles. The summed E-state index contributed by atoms with van der Waals surface area (Å²) in [4.78, 5) is 11.3. The molecule has 0 amide bonds. The SMILES string of the molecule is O=C(O)/C=C1\CCc2cc(OC3CCCC3)c(-c3ccc4ccccc4c3)cc21. The smallest absolute Gasteiger partial charge is 0.328 e. The van der Waals surface area contributed by atoms with Crippen molar-refractivity contribution in [3.8, 4) is 16.9 Å². The zero-order valence-corrected chi connectivity index (χ0v) is 16.4. The molecule has 5 rings (SSSR count). The second kappa shape index (κ2) is 7.40. The van der Waals surface area contributed by atoms with Crippen molar-refractivity contribution in [3.05, 3.63) is 71.8 Å². The van der Waals surface area contributed by atoms with Crippen LogP contribution in [0.15, 0.2) is 60.7 Å². The van der Waals surface area contributed by atoms with Gasteiger partial charge >= 0.3 is 5.97 Å². The van der Waals surface area contributed by atoms with Crippen LogP contribution in [-0.2, 0) is 11.2 Å². The molecule has 0 radical (unpaired) electrons. The Hall–Kier alpha value is -3.07. The minimum absolute atomic E-state index is 0.280. The highest BCUT2D eigenvalue weighted by Gasteiger charge is 2.24. The molecule has 0 bridgehead atoms. The molecule has 3 aromatic rings. The predicted octanol–water partition coefficient (Wildman–Crippen LogP) is 6.24. The van der Waals surface area contributed by atoms with E-state index in [2.05, 4.69) is 54.6 Å². The van der Waals surface area contributed by atoms with Crippen LogP contribution in [0.4, 0.5) is 0 Å². The van der Waals surface area contributed by atoms with Gasteiger partial charge in [-0.25, -0.2) is 4.79 Å². The molecular formula is C26H24O3. The van der Waals surface area contributed by atoms with Crippen molar-refractivity contribution in [1.29, 1.82) is 0 Å². The number of aliphatic carboxylic acids is 1. The Bertz CT molecular complexity index is 1120. The number of carboxylic acid groups (broad SMARTS) is 1. The topological polar surface area (TPSA) is 46.5 Å². The summed E-state index contributed by atoms with van der Waals surface area (Å²) in [6.45, 7) is 0. The van der Waals surface area contributed by atoms with Gasteiger partial charge < -0.3 is 9.84 Å². The highest BCUT2D eigenvalue weighted by molar-refractivity contribution is 5.94. The van der Waals surface area contributed by atoms with Gasteiger partial charge in [0.2, 0.25) is 0 Å². The van der Waals surface area contributed by atoms with Crippen molar-refractivity contribution in [2.24, 2.45) is 0 Å². The largest absolute Gasteiger partial charge is 0.490 e. The second-order valence-corrected chi connectivity index (χ2v) is 8.10. The zero-order chi connectivity index (χ0) is 19.8. The standard InChI is InChI=1S/C26H24O3/c27-26(28)15-21-12-11-20-14-25(29-22-7-3-4-8-22)24(16-23(20)21)19-10-9-17-5-1-2-6-18(17)13-19/h1-2,5-6,9-10,13-16,22H,3-4,7-8,11-12H2,(H,27,28)/b21-15+. The third-order valence-corrected chi connectivity index (χ3v) is 6.17. The minimum atomic E-state index is -0.883. The fourth-order valence-corrected chi connectivity index (χ4v) is 4.70. The van der Waals surface area contributed by atoms with Gasteiger partial charge in [-0.1, -0.05) is 36.4 Å². The van der Waals surface area contributed by atoms with Crippen LogP contribution >= 0.6 is 0 Å². The minimum Gasteiger partial charge on any atom is -0.490 e. The molecule has 0 heterocycles. The molecule has 0 unspecified atom stereocenters. The Morgan fingerprint density at radius 3 is 2.52 bits per heavy atom. The van der Waals surface area contributed by atoms with E-state index in [0.29, 0.717) is 0 Å². The quantitative estimate of drug-likeness (QED) is 0.541. The Morgan fingerprint density at radius 1 is 0.931 bits per heavy atom. The number of rotatable bonds is 4. The molecule has 0 atom stereocenters. The summed E-state index contributed by atoms with van der Waals surface area (Å²) in [6.07, 6.45) is 7.95. The molecule has 1 fully saturated rings. The number of hydrogen-bond donors (Lipinski definition) is 1. The van der Waals surface area contributed by atoms with Crippen LogP contribution in [0.5, 0.6) is 5.75 Å². The van der Waals surface area contributed by atoms with E-state index in [9.17, 15) is 9.90 Å². The van der Waals surface area contributed by atoms with Gasteiger partial charge in [0.05, 0.1) is 6.10 Å². The number of benzene rings is 3. The first-order chi connectivity index (χ1) is 14.2. The van der Waals surface area contributed by atoms with Crippen molar-refractivity contribution in [1.82, 2.24) is 0 Å². The number of ether oxygens (including phenoxy) is 1. The fourth-order valence-electron chi connectivity index (χ4n) is 4.70. The van der Waals surface area contributed by atoms with E-state index in [0.717, 1.165) is 53.7 Å². The molecule has 0 spiro atoms. The summed E-state index contributed by atoms with van der Waals surface area (Å²) >= 11 is 0. The molecule has 2 aliphatic carbocycles. The Labute approximate surface area is 170 Å². The average Bonchev–Trinajstić information content (AvgIpc) is 3.37. The third kappa shape index (κ3) is 3.53. The lowest BCUT2D eigenvalue weighted by Gasteiger charge is -2.19. The normalized spacial score (nSPS) is 17.7. The maximum absolute atomic E-state index is 11.3. The summed E-state index contributed by atoms with van der Waals surface area (Å²) < 4.78 is 6.48. The summed E-state index contributed by atoms with van der Waals surface area (Å²) in [7, 11) is 0. The molecule has 0 aromatic heterocycles. The molecular weight excluding hydrogens is 360 g/mol. The molecule has 3 aromatic carbocycles. The number of aryl methyl sites for hydroxylation is 1. The van der Waals surface area contributed by atoms with E-state index < -0.39 is 5.97 Å². The molecule has 1 N–H and O–H groups in total. The van der Waals surface area contributed by atoms with E-state index in [1.54, 1.807) is 0 Å². The van der Waals surface area contributed by atoms with Crippen LogP contribution < -0.4 is 4.74 Å². The van der Waals surface area contributed by atoms with Crippen LogP contribution in [0.1, 0.15) is 43.2 Å². The average molecular weight is 384 g/mol. The van der Waals surface area contributed by atoms with Gasteiger partial charge in [0.25, 0.3) is 0 Å². The monoisotopic (exact) mass is 384 g/mol. The highest BCUT2D eigenvalue weighted by Crippen LogP contribution is 2.42. The first kappa shape index (κ1) is 18.0. The number of carbonyl (C=O) groups is 1. The van der Waals surface area contributed by atoms with Crippen molar-refractivity contribution in [2.45, 2.75) is 44.6 Å². The van der Waals surface area contributed by atoms with E-state index in [4.69, 9.17) is 4.74 Å². The first-order valence-electron chi connectivity index (χ1n) is 10.4. The second-order valence-electron chi connectivity index (χ2n) is 8.10. The Morgan fingerprint density at radius 2 is 1.72 bits per heavy atom. The lowest BCUT2D eigenvalue weighted by atomic mass is 9.96. The Kier molecular flexibility index (Phi) is 4.59. The van der Waals surface area contributed by atoms with Crippen LogP contribution in [-0.4, -0.2) is 17.2 Å². The summed E-state index contributed by atoms with van der Waals surface area (Å²) in [5.41, 5.74) is 5.31. The lowest BCUT2D eigenvalue weighted by molar-refractivity contribution is -0.131. The number of fused-ring (bicyclic) bond motifs is 2. The lowest BCUT2D eigenvalue weighted by Crippen LogP contribution is -2.12. The summed E-state index contributed by atoms with van der Waals surface area (Å²) in [6, 6.07) is 19.1. The summed E-state index contributed by atoms with van der Waals surface area (Å²) in [5, 5.41) is 11.7. The van der Waals surface area contributed by atoms with Gasteiger partial charge in [0, 0.05) is 11.6 Å². The molecule has 0 aliphatic heterocycles. The van der Waals surface area contributed by atoms with E-state index in [1.807, 2.05) is 0 Å². The summed E-state index contributed by atoms with van der Waals surface area (Å²) in [5.74, 6) is 0.0499. The number of allylic oxidation sites excluding steroid dienone is 1. The molecule has 2 aliphatic rings. The van der Waals surface area contributed by atoms with Crippen molar-refractivity contribution < 1.29 is 14.6 Å². The predicted molar refractivity (Wildman–Crippen MR) is 116 cm³/mol. The van der Waals surface area contributed by atoms with Crippen LogP contribution in [0.25, 0.3) is 27.5 Å². The van der Waals surface area contributed by atoms with Gasteiger partial charge in [-0.15, -0.1) is 0 Å². The van der Waals surface area contributed by atoms with Crippen molar-refractivity contribution in [2.75, 3.05) is 0 Å². The Balaban J connectivity index is 1.64.